The number of nitrogens with zero attached hydrogens (tertiary/aromatic N) is 2. The van der Waals surface area contributed by atoms with Crippen LogP contribution in [-0.2, 0) is 4.79 Å². The summed E-state index contributed by atoms with van der Waals surface area (Å²) in [6.07, 6.45) is 1.35. The van der Waals surface area contributed by atoms with Crippen molar-refractivity contribution < 1.29 is 19.5 Å². The Hall–Kier alpha value is -4.20. The van der Waals surface area contributed by atoms with Crippen molar-refractivity contribution in [3.8, 4) is 11.3 Å². The predicted octanol–water partition coefficient (Wildman–Crippen LogP) is 5.21. The summed E-state index contributed by atoms with van der Waals surface area (Å²) in [6, 6.07) is 18.7. The third kappa shape index (κ3) is 5.66. The molecule has 4 rings (SSSR count). The van der Waals surface area contributed by atoms with Crippen LogP contribution in [0.5, 0.6) is 0 Å². The first-order valence-electron chi connectivity index (χ1n) is 11.6. The number of aromatic nitrogens is 1. The molecule has 8 nitrogen and oxygen atoms in total. The predicted molar refractivity (Wildman–Crippen MR) is 135 cm³/mol. The van der Waals surface area contributed by atoms with Crippen LogP contribution in [0.4, 0.5) is 16.2 Å². The molecule has 8 heteroatoms. The molecule has 2 heterocycles. The first kappa shape index (κ1) is 23.9. The molecular weight excluding hydrogens is 444 g/mol. The van der Waals surface area contributed by atoms with Gasteiger partial charge in [-0.1, -0.05) is 44.2 Å². The second-order valence-corrected chi connectivity index (χ2v) is 8.84. The molecule has 1 aromatic heterocycles. The minimum Gasteiger partial charge on any atom is -0.477 e. The summed E-state index contributed by atoms with van der Waals surface area (Å²) in [5.41, 5.74) is 3.71. The van der Waals surface area contributed by atoms with Gasteiger partial charge in [-0.15, -0.1) is 0 Å². The van der Waals surface area contributed by atoms with E-state index in [1.54, 1.807) is 41.3 Å². The summed E-state index contributed by atoms with van der Waals surface area (Å²) < 4.78 is 0. The van der Waals surface area contributed by atoms with E-state index in [-0.39, 0.29) is 17.6 Å². The topological polar surface area (TPSA) is 112 Å². The Kier molecular flexibility index (Phi) is 7.10. The zero-order valence-corrected chi connectivity index (χ0v) is 19.7. The van der Waals surface area contributed by atoms with Crippen molar-refractivity contribution in [2.45, 2.75) is 38.6 Å². The summed E-state index contributed by atoms with van der Waals surface area (Å²) in [6.45, 7) is 4.74. The summed E-state index contributed by atoms with van der Waals surface area (Å²) in [7, 11) is 0. The molecule has 3 aromatic rings. The van der Waals surface area contributed by atoms with Gasteiger partial charge in [0.15, 0.2) is 0 Å². The molecule has 1 atom stereocenters. The number of hydrogen-bond donors (Lipinski definition) is 3. The van der Waals surface area contributed by atoms with Gasteiger partial charge in [0.1, 0.15) is 11.7 Å². The van der Waals surface area contributed by atoms with Crippen LogP contribution < -0.4 is 10.6 Å². The number of urea groups is 1. The third-order valence-corrected chi connectivity index (χ3v) is 6.06. The van der Waals surface area contributed by atoms with Crippen molar-refractivity contribution in [3.05, 3.63) is 78.0 Å². The molecule has 0 radical (unpaired) electrons. The van der Waals surface area contributed by atoms with Crippen LogP contribution in [0.3, 0.4) is 0 Å². The average Bonchev–Trinajstić information content (AvgIpc) is 3.35. The monoisotopic (exact) mass is 472 g/mol. The molecule has 180 valence electrons. The van der Waals surface area contributed by atoms with E-state index < -0.39 is 12.0 Å². The number of carboxylic acid groups (broad SMARTS) is 1. The van der Waals surface area contributed by atoms with E-state index in [0.29, 0.717) is 36.0 Å². The van der Waals surface area contributed by atoms with Crippen molar-refractivity contribution >= 4 is 29.3 Å². The van der Waals surface area contributed by atoms with Gasteiger partial charge in [0.25, 0.3) is 0 Å². The maximum atomic E-state index is 13.0. The highest BCUT2D eigenvalue weighted by atomic mass is 16.4. The Labute approximate surface area is 204 Å². The Morgan fingerprint density at radius 1 is 0.943 bits per heavy atom. The first-order valence-corrected chi connectivity index (χ1v) is 11.6. The standard InChI is InChI=1S/C27H28N4O4/c1-17(2)18-8-12-21(13-9-18)29-27(35)31-16-4-7-24(31)25(32)28-20-14-10-19(11-15-20)22-5-3-6-23(30-22)26(33)34/h3,5-6,8-15,17,24H,4,7,16H2,1-2H3,(H,28,32)(H,29,35)(H,33,34)/t24-/m0/s1. The van der Waals surface area contributed by atoms with E-state index >= 15 is 0 Å². The SMILES string of the molecule is CC(C)c1ccc(NC(=O)N2CCC[C@H]2C(=O)Nc2ccc(-c3cccc(C(=O)O)n3)cc2)cc1. The number of likely N-dealkylation sites (tertiary alicyclic amines) is 1. The van der Waals surface area contributed by atoms with Crippen LogP contribution in [-0.4, -0.2) is 45.5 Å². The first-order chi connectivity index (χ1) is 16.8. The highest BCUT2D eigenvalue weighted by molar-refractivity contribution is 5.99. The zero-order chi connectivity index (χ0) is 24.9. The van der Waals surface area contributed by atoms with Gasteiger partial charge in [-0.3, -0.25) is 4.79 Å². The lowest BCUT2D eigenvalue weighted by Crippen LogP contribution is -2.45. The van der Waals surface area contributed by atoms with Crippen molar-refractivity contribution in [1.82, 2.24) is 9.88 Å². The number of amides is 3. The molecule has 1 fully saturated rings. The Balaban J connectivity index is 1.39. The Morgan fingerprint density at radius 2 is 1.60 bits per heavy atom. The molecule has 1 aliphatic rings. The van der Waals surface area contributed by atoms with Gasteiger partial charge in [0.2, 0.25) is 5.91 Å². The lowest BCUT2D eigenvalue weighted by molar-refractivity contribution is -0.119. The molecule has 0 saturated carbocycles. The van der Waals surface area contributed by atoms with E-state index in [0.717, 1.165) is 12.0 Å². The van der Waals surface area contributed by atoms with Gasteiger partial charge < -0.3 is 20.6 Å². The maximum Gasteiger partial charge on any atom is 0.354 e. The minimum absolute atomic E-state index is 0.0321. The lowest BCUT2D eigenvalue weighted by Gasteiger charge is -2.24. The van der Waals surface area contributed by atoms with Gasteiger partial charge in [-0.05, 0) is 60.7 Å². The second-order valence-electron chi connectivity index (χ2n) is 8.84. The molecular formula is C27H28N4O4. The summed E-state index contributed by atoms with van der Waals surface area (Å²) in [4.78, 5) is 42.7. The van der Waals surface area contributed by atoms with Crippen LogP contribution >= 0.6 is 0 Å². The number of carbonyl (C=O) groups is 3. The summed E-state index contributed by atoms with van der Waals surface area (Å²) in [5.74, 6) is -0.924. The van der Waals surface area contributed by atoms with Gasteiger partial charge in [-0.2, -0.15) is 0 Å². The summed E-state index contributed by atoms with van der Waals surface area (Å²) in [5, 5.41) is 14.9. The average molecular weight is 473 g/mol. The number of aromatic carboxylic acids is 1. The quantitative estimate of drug-likeness (QED) is 0.456. The molecule has 1 saturated heterocycles. The number of pyridine rings is 1. The number of rotatable bonds is 6. The fourth-order valence-electron chi connectivity index (χ4n) is 4.09. The zero-order valence-electron chi connectivity index (χ0n) is 19.7. The molecule has 35 heavy (non-hydrogen) atoms. The number of anilines is 2. The van der Waals surface area contributed by atoms with E-state index in [9.17, 15) is 14.4 Å². The van der Waals surface area contributed by atoms with Gasteiger partial charge >= 0.3 is 12.0 Å². The highest BCUT2D eigenvalue weighted by Crippen LogP contribution is 2.24. The van der Waals surface area contributed by atoms with Crippen LogP contribution in [0.2, 0.25) is 0 Å². The number of benzene rings is 2. The lowest BCUT2D eigenvalue weighted by atomic mass is 10.0. The van der Waals surface area contributed by atoms with Gasteiger partial charge in [0.05, 0.1) is 5.69 Å². The molecule has 3 N–H and O–H groups in total. The van der Waals surface area contributed by atoms with E-state index in [1.807, 2.05) is 24.3 Å². The molecule has 3 amide bonds. The molecule has 2 aromatic carbocycles. The van der Waals surface area contributed by atoms with Crippen LogP contribution in [0.15, 0.2) is 66.7 Å². The van der Waals surface area contributed by atoms with E-state index in [4.69, 9.17) is 5.11 Å². The minimum atomic E-state index is -1.09. The molecule has 0 spiro atoms. The maximum absolute atomic E-state index is 13.0. The van der Waals surface area contributed by atoms with E-state index in [1.165, 1.54) is 11.6 Å². The smallest absolute Gasteiger partial charge is 0.354 e. The number of nitrogens with one attached hydrogen (secondary N) is 2. The largest absolute Gasteiger partial charge is 0.477 e. The fourth-order valence-corrected chi connectivity index (χ4v) is 4.09. The van der Waals surface area contributed by atoms with Crippen LogP contribution in [0, 0.1) is 0 Å². The highest BCUT2D eigenvalue weighted by Gasteiger charge is 2.34. The van der Waals surface area contributed by atoms with Crippen LogP contribution in [0.1, 0.15) is 48.7 Å². The Morgan fingerprint density at radius 3 is 2.26 bits per heavy atom. The molecule has 0 aliphatic carbocycles. The third-order valence-electron chi connectivity index (χ3n) is 6.06. The molecule has 1 aliphatic heterocycles. The van der Waals surface area contributed by atoms with E-state index in [2.05, 4.69) is 29.5 Å². The van der Waals surface area contributed by atoms with Crippen LogP contribution in [0.25, 0.3) is 11.3 Å². The van der Waals surface area contributed by atoms with Crippen molar-refractivity contribution in [3.63, 3.8) is 0 Å². The number of hydrogen-bond acceptors (Lipinski definition) is 4. The van der Waals surface area contributed by atoms with Gasteiger partial charge in [-0.25, -0.2) is 14.6 Å². The number of carbonyl (C=O) groups excluding carboxylic acids is 2. The Bertz CT molecular complexity index is 1220. The fraction of sp³-hybridized carbons (Fsp3) is 0.259. The van der Waals surface area contributed by atoms with Crippen molar-refractivity contribution in [2.24, 2.45) is 0 Å². The van der Waals surface area contributed by atoms with Crippen molar-refractivity contribution in [1.29, 1.82) is 0 Å². The van der Waals surface area contributed by atoms with Gasteiger partial charge in [0, 0.05) is 23.5 Å². The number of carboxylic acids is 1. The molecule has 0 unspecified atom stereocenters. The van der Waals surface area contributed by atoms with Crippen molar-refractivity contribution in [2.75, 3.05) is 17.2 Å². The molecule has 0 bridgehead atoms. The second kappa shape index (κ2) is 10.4. The summed E-state index contributed by atoms with van der Waals surface area (Å²) >= 11 is 0. The normalized spacial score (nSPS) is 15.2.